The molecule has 0 saturated heterocycles. The van der Waals surface area contributed by atoms with Crippen LogP contribution in [0.4, 0.5) is 0 Å². The smallest absolute Gasteiger partial charge is 0.262 e. The summed E-state index contributed by atoms with van der Waals surface area (Å²) in [6, 6.07) is 14.5. The average molecular weight is 537 g/mol. The molecule has 0 saturated carbocycles. The molecule has 3 rings (SSSR count). The SMILES string of the molecule is CC(C)C[C@H](NC(=O)COc1ccc(Cl)cc1)C(=O)N/N=C\c1ccc(-c2cccc(Cl)c2Cl)o1. The molecule has 10 heteroatoms. The number of nitrogens with one attached hydrogen (secondary N) is 2. The topological polar surface area (TPSA) is 92.9 Å². The minimum atomic E-state index is -0.786. The van der Waals surface area contributed by atoms with Crippen molar-refractivity contribution in [2.45, 2.75) is 26.3 Å². The van der Waals surface area contributed by atoms with Crippen molar-refractivity contribution >= 4 is 52.8 Å². The van der Waals surface area contributed by atoms with Gasteiger partial charge in [0.1, 0.15) is 23.3 Å². The number of hydrogen-bond donors (Lipinski definition) is 2. The molecule has 0 bridgehead atoms. The first-order valence-corrected chi connectivity index (χ1v) is 11.9. The molecule has 0 aliphatic carbocycles. The lowest BCUT2D eigenvalue weighted by atomic mass is 10.0. The Hall–Kier alpha value is -3.00. The average Bonchev–Trinajstić information content (AvgIpc) is 3.28. The number of carbonyl (C=O) groups excluding carboxylic acids is 2. The Morgan fingerprint density at radius 2 is 1.80 bits per heavy atom. The number of halogens is 3. The second-order valence-electron chi connectivity index (χ2n) is 8.03. The predicted octanol–water partition coefficient (Wildman–Crippen LogP) is 5.97. The van der Waals surface area contributed by atoms with Gasteiger partial charge in [-0.2, -0.15) is 5.10 Å². The normalized spacial score (nSPS) is 12.1. The van der Waals surface area contributed by atoms with Gasteiger partial charge in [0.15, 0.2) is 6.61 Å². The lowest BCUT2D eigenvalue weighted by Crippen LogP contribution is -2.47. The van der Waals surface area contributed by atoms with Crippen LogP contribution >= 0.6 is 34.8 Å². The molecular formula is C25H24Cl3N3O4. The summed E-state index contributed by atoms with van der Waals surface area (Å²) in [7, 11) is 0. The van der Waals surface area contributed by atoms with Crippen LogP contribution in [0.5, 0.6) is 5.75 Å². The Balaban J connectivity index is 1.57. The standard InChI is InChI=1S/C25H24Cl3N3O4/c1-15(2)12-21(30-23(32)14-34-17-8-6-16(26)7-9-17)25(33)31-29-13-18-10-11-22(35-18)19-4-3-5-20(27)24(19)28/h3-11,13,15,21H,12,14H2,1-2H3,(H,30,32)(H,31,33)/b29-13-/t21-/m0/s1. The quantitative estimate of drug-likeness (QED) is 0.247. The van der Waals surface area contributed by atoms with Crippen LogP contribution < -0.4 is 15.5 Å². The summed E-state index contributed by atoms with van der Waals surface area (Å²) in [6.45, 7) is 3.66. The van der Waals surface area contributed by atoms with Crippen molar-refractivity contribution in [3.63, 3.8) is 0 Å². The molecule has 35 heavy (non-hydrogen) atoms. The van der Waals surface area contributed by atoms with E-state index >= 15 is 0 Å². The highest BCUT2D eigenvalue weighted by atomic mass is 35.5. The third-order valence-corrected chi connectivity index (χ3v) is 5.82. The van der Waals surface area contributed by atoms with Crippen LogP contribution in [-0.2, 0) is 9.59 Å². The summed E-state index contributed by atoms with van der Waals surface area (Å²) in [4.78, 5) is 25.0. The van der Waals surface area contributed by atoms with E-state index in [0.717, 1.165) is 0 Å². The Labute approximate surface area is 218 Å². The highest BCUT2D eigenvalue weighted by molar-refractivity contribution is 6.43. The van der Waals surface area contributed by atoms with E-state index in [4.69, 9.17) is 44.0 Å². The zero-order valence-corrected chi connectivity index (χ0v) is 21.3. The lowest BCUT2D eigenvalue weighted by molar-refractivity contribution is -0.130. The number of hydrogen-bond acceptors (Lipinski definition) is 5. The largest absolute Gasteiger partial charge is 0.484 e. The highest BCUT2D eigenvalue weighted by Crippen LogP contribution is 2.34. The van der Waals surface area contributed by atoms with Gasteiger partial charge in [0.25, 0.3) is 11.8 Å². The number of benzene rings is 2. The first-order valence-electron chi connectivity index (χ1n) is 10.8. The monoisotopic (exact) mass is 535 g/mol. The summed E-state index contributed by atoms with van der Waals surface area (Å²) in [5, 5.41) is 8.01. The van der Waals surface area contributed by atoms with Crippen molar-refractivity contribution in [1.82, 2.24) is 10.7 Å². The van der Waals surface area contributed by atoms with Gasteiger partial charge in [0.05, 0.1) is 16.3 Å². The molecular weight excluding hydrogens is 513 g/mol. The van der Waals surface area contributed by atoms with Crippen molar-refractivity contribution in [3.05, 3.63) is 75.4 Å². The minimum Gasteiger partial charge on any atom is -0.484 e. The number of nitrogens with zero attached hydrogens (tertiary/aromatic N) is 1. The molecule has 3 aromatic rings. The van der Waals surface area contributed by atoms with Gasteiger partial charge in [0.2, 0.25) is 0 Å². The molecule has 0 spiro atoms. The Bertz CT molecular complexity index is 1190. The van der Waals surface area contributed by atoms with Gasteiger partial charge in [-0.25, -0.2) is 5.43 Å². The van der Waals surface area contributed by atoms with Crippen LogP contribution in [0.15, 0.2) is 64.1 Å². The lowest BCUT2D eigenvalue weighted by Gasteiger charge is -2.19. The number of ether oxygens (including phenoxy) is 1. The maximum absolute atomic E-state index is 12.7. The van der Waals surface area contributed by atoms with Crippen molar-refractivity contribution in [2.24, 2.45) is 11.0 Å². The molecule has 0 unspecified atom stereocenters. The number of amides is 2. The molecule has 1 aromatic heterocycles. The van der Waals surface area contributed by atoms with Gasteiger partial charge in [-0.1, -0.05) is 54.7 Å². The van der Waals surface area contributed by atoms with Gasteiger partial charge in [-0.05, 0) is 60.9 Å². The third kappa shape index (κ3) is 8.02. The number of hydrazone groups is 1. The fourth-order valence-electron chi connectivity index (χ4n) is 3.12. The van der Waals surface area contributed by atoms with Crippen LogP contribution in [-0.4, -0.2) is 30.7 Å². The maximum atomic E-state index is 12.7. The molecule has 2 aromatic carbocycles. The summed E-state index contributed by atoms with van der Waals surface area (Å²) in [6.07, 6.45) is 1.78. The Morgan fingerprint density at radius 3 is 2.51 bits per heavy atom. The molecule has 0 aliphatic rings. The van der Waals surface area contributed by atoms with E-state index in [-0.39, 0.29) is 12.5 Å². The van der Waals surface area contributed by atoms with Crippen molar-refractivity contribution < 1.29 is 18.7 Å². The number of carbonyl (C=O) groups is 2. The highest BCUT2D eigenvalue weighted by Gasteiger charge is 2.22. The van der Waals surface area contributed by atoms with Gasteiger partial charge in [-0.15, -0.1) is 0 Å². The summed E-state index contributed by atoms with van der Waals surface area (Å²) in [5.41, 5.74) is 3.09. The van der Waals surface area contributed by atoms with Crippen LogP contribution in [0.1, 0.15) is 26.0 Å². The Morgan fingerprint density at radius 1 is 1.06 bits per heavy atom. The van der Waals surface area contributed by atoms with E-state index in [2.05, 4.69) is 15.8 Å². The molecule has 184 valence electrons. The molecule has 0 fully saturated rings. The zero-order valence-electron chi connectivity index (χ0n) is 19.1. The van der Waals surface area contributed by atoms with Gasteiger partial charge in [0, 0.05) is 10.6 Å². The second-order valence-corrected chi connectivity index (χ2v) is 9.25. The van der Waals surface area contributed by atoms with E-state index < -0.39 is 17.9 Å². The molecule has 1 atom stereocenters. The predicted molar refractivity (Wildman–Crippen MR) is 138 cm³/mol. The van der Waals surface area contributed by atoms with E-state index in [1.54, 1.807) is 54.6 Å². The van der Waals surface area contributed by atoms with E-state index in [1.807, 2.05) is 13.8 Å². The fraction of sp³-hybridized carbons (Fsp3) is 0.240. The number of furan rings is 1. The van der Waals surface area contributed by atoms with Crippen molar-refractivity contribution in [3.8, 4) is 17.1 Å². The van der Waals surface area contributed by atoms with Gasteiger partial charge >= 0.3 is 0 Å². The third-order valence-electron chi connectivity index (χ3n) is 4.75. The van der Waals surface area contributed by atoms with Crippen LogP contribution in [0, 0.1) is 5.92 Å². The minimum absolute atomic E-state index is 0.155. The molecule has 2 amide bonds. The van der Waals surface area contributed by atoms with Crippen molar-refractivity contribution in [1.29, 1.82) is 0 Å². The van der Waals surface area contributed by atoms with Crippen LogP contribution in [0.25, 0.3) is 11.3 Å². The molecule has 0 radical (unpaired) electrons. The number of rotatable bonds is 10. The summed E-state index contributed by atoms with van der Waals surface area (Å²) in [5.74, 6) is 0.671. The van der Waals surface area contributed by atoms with E-state index in [9.17, 15) is 9.59 Å². The summed E-state index contributed by atoms with van der Waals surface area (Å²) >= 11 is 18.1. The fourth-order valence-corrected chi connectivity index (χ4v) is 3.64. The maximum Gasteiger partial charge on any atom is 0.262 e. The van der Waals surface area contributed by atoms with E-state index in [1.165, 1.54) is 6.21 Å². The zero-order chi connectivity index (χ0) is 25.4. The Kier molecular flexibility index (Phi) is 9.60. The first kappa shape index (κ1) is 26.6. The summed E-state index contributed by atoms with van der Waals surface area (Å²) < 4.78 is 11.2. The van der Waals surface area contributed by atoms with Gasteiger partial charge < -0.3 is 14.5 Å². The molecule has 2 N–H and O–H groups in total. The first-order chi connectivity index (χ1) is 16.7. The van der Waals surface area contributed by atoms with Crippen molar-refractivity contribution in [2.75, 3.05) is 6.61 Å². The van der Waals surface area contributed by atoms with Crippen LogP contribution in [0.3, 0.4) is 0 Å². The molecule has 0 aliphatic heterocycles. The van der Waals surface area contributed by atoms with Gasteiger partial charge in [-0.3, -0.25) is 9.59 Å². The molecule has 7 nitrogen and oxygen atoms in total. The van der Waals surface area contributed by atoms with E-state index in [0.29, 0.717) is 44.3 Å². The molecule has 1 heterocycles. The second kappa shape index (κ2) is 12.6. The van der Waals surface area contributed by atoms with Crippen LogP contribution in [0.2, 0.25) is 15.1 Å².